The van der Waals surface area contributed by atoms with Crippen LogP contribution in [-0.2, 0) is 11.3 Å². The predicted octanol–water partition coefficient (Wildman–Crippen LogP) is 3.84. The highest BCUT2D eigenvalue weighted by Gasteiger charge is 2.29. The van der Waals surface area contributed by atoms with Crippen LogP contribution >= 0.6 is 0 Å². The number of fused-ring (bicyclic) bond motifs is 1. The Morgan fingerprint density at radius 3 is 2.72 bits per heavy atom. The van der Waals surface area contributed by atoms with Crippen molar-refractivity contribution < 1.29 is 9.59 Å². The van der Waals surface area contributed by atoms with Gasteiger partial charge in [-0.1, -0.05) is 35.9 Å². The molecular weight excluding hydrogens is 362 g/mol. The molecule has 1 saturated heterocycles. The number of rotatable bonds is 4. The fourth-order valence-electron chi connectivity index (χ4n) is 4.19. The lowest BCUT2D eigenvalue weighted by Gasteiger charge is -2.34. The molecule has 1 aliphatic heterocycles. The largest absolute Gasteiger partial charge is 0.351 e. The van der Waals surface area contributed by atoms with Gasteiger partial charge < -0.3 is 14.8 Å². The number of carbonyl (C=O) groups is 2. The summed E-state index contributed by atoms with van der Waals surface area (Å²) >= 11 is 0. The van der Waals surface area contributed by atoms with Gasteiger partial charge in [-0.2, -0.15) is 0 Å². The highest BCUT2D eigenvalue weighted by atomic mass is 16.2. The van der Waals surface area contributed by atoms with Crippen molar-refractivity contribution in [3.63, 3.8) is 0 Å². The smallest absolute Gasteiger partial charge is 0.270 e. The van der Waals surface area contributed by atoms with Crippen molar-refractivity contribution in [2.45, 2.75) is 32.2 Å². The summed E-state index contributed by atoms with van der Waals surface area (Å²) in [6.45, 7) is 3.89. The van der Waals surface area contributed by atoms with Crippen LogP contribution in [-0.4, -0.2) is 46.2 Å². The molecule has 0 bridgehead atoms. The topological polar surface area (TPSA) is 56.4 Å². The van der Waals surface area contributed by atoms with Gasteiger partial charge in [0.15, 0.2) is 0 Å². The molecule has 1 N–H and O–H groups in total. The van der Waals surface area contributed by atoms with Gasteiger partial charge in [-0.3, -0.25) is 9.59 Å². The van der Waals surface area contributed by atoms with E-state index in [4.69, 9.17) is 0 Å². The molecule has 29 heavy (non-hydrogen) atoms. The number of hydrogen-bond donors (Lipinski definition) is 1. The van der Waals surface area contributed by atoms with Crippen molar-refractivity contribution in [3.05, 3.63) is 70.9 Å². The van der Waals surface area contributed by atoms with Gasteiger partial charge in [0.1, 0.15) is 12.2 Å². The molecule has 5 heteroatoms. The number of carbonyl (C=O) groups excluding carboxylic acids is 2. The van der Waals surface area contributed by atoms with E-state index in [1.807, 2.05) is 23.1 Å². The van der Waals surface area contributed by atoms with Crippen LogP contribution in [0.1, 0.15) is 45.9 Å². The normalized spacial score (nSPS) is 17.2. The molecule has 1 aliphatic carbocycles. The van der Waals surface area contributed by atoms with Crippen molar-refractivity contribution >= 4 is 22.7 Å². The lowest BCUT2D eigenvalue weighted by atomic mass is 10.1. The zero-order valence-electron chi connectivity index (χ0n) is 16.6. The quantitative estimate of drug-likeness (QED) is 0.740. The molecule has 2 aliphatic rings. The van der Waals surface area contributed by atoms with E-state index in [2.05, 4.69) is 42.2 Å². The SMILES string of the molecule is Cc1cccc(CN2CCN(C(=O)c3cc4cc(C5CC5)ccc4[nH]3)CC2=O)c1. The van der Waals surface area contributed by atoms with E-state index in [0.717, 1.165) is 16.5 Å². The van der Waals surface area contributed by atoms with E-state index in [9.17, 15) is 9.59 Å². The summed E-state index contributed by atoms with van der Waals surface area (Å²) in [5.74, 6) is 0.587. The van der Waals surface area contributed by atoms with Gasteiger partial charge in [-0.15, -0.1) is 0 Å². The number of aromatic amines is 1. The Morgan fingerprint density at radius 1 is 1.10 bits per heavy atom. The monoisotopic (exact) mass is 387 g/mol. The van der Waals surface area contributed by atoms with E-state index < -0.39 is 0 Å². The van der Waals surface area contributed by atoms with Crippen LogP contribution in [0.2, 0.25) is 0 Å². The molecule has 1 saturated carbocycles. The molecule has 1 aromatic heterocycles. The van der Waals surface area contributed by atoms with Gasteiger partial charge in [0.05, 0.1) is 0 Å². The minimum Gasteiger partial charge on any atom is -0.351 e. The van der Waals surface area contributed by atoms with E-state index in [1.165, 1.54) is 24.0 Å². The Balaban J connectivity index is 1.27. The van der Waals surface area contributed by atoms with E-state index in [-0.39, 0.29) is 18.4 Å². The molecule has 2 heterocycles. The first-order chi connectivity index (χ1) is 14.1. The molecule has 2 fully saturated rings. The van der Waals surface area contributed by atoms with E-state index in [1.54, 1.807) is 4.90 Å². The minimum atomic E-state index is -0.0993. The molecule has 2 aromatic carbocycles. The van der Waals surface area contributed by atoms with Crippen LogP contribution in [0.25, 0.3) is 10.9 Å². The fraction of sp³-hybridized carbons (Fsp3) is 0.333. The number of H-pyrrole nitrogens is 1. The Labute approximate surface area is 170 Å². The van der Waals surface area contributed by atoms with Crippen molar-refractivity contribution in [1.29, 1.82) is 0 Å². The van der Waals surface area contributed by atoms with E-state index >= 15 is 0 Å². The molecule has 2 amide bonds. The number of nitrogens with one attached hydrogen (secondary N) is 1. The summed E-state index contributed by atoms with van der Waals surface area (Å²) in [6, 6.07) is 16.5. The predicted molar refractivity (Wildman–Crippen MR) is 113 cm³/mol. The molecule has 5 rings (SSSR count). The molecule has 3 aromatic rings. The summed E-state index contributed by atoms with van der Waals surface area (Å²) in [5, 5.41) is 1.07. The summed E-state index contributed by atoms with van der Waals surface area (Å²) < 4.78 is 0. The van der Waals surface area contributed by atoms with Gasteiger partial charge in [0.25, 0.3) is 5.91 Å². The van der Waals surface area contributed by atoms with Gasteiger partial charge in [0.2, 0.25) is 5.91 Å². The maximum absolute atomic E-state index is 13.0. The average Bonchev–Trinajstić information content (AvgIpc) is 3.47. The second kappa shape index (κ2) is 7.07. The molecule has 5 nitrogen and oxygen atoms in total. The molecular formula is C24H25N3O2. The first kappa shape index (κ1) is 18.0. The van der Waals surface area contributed by atoms with Crippen LogP contribution in [0.15, 0.2) is 48.5 Å². The molecule has 0 atom stereocenters. The minimum absolute atomic E-state index is 0.00163. The Kier molecular flexibility index (Phi) is 4.38. The Bertz CT molecular complexity index is 1100. The summed E-state index contributed by atoms with van der Waals surface area (Å²) in [7, 11) is 0. The standard InChI is InChI=1S/C24H25N3O2/c1-16-3-2-4-17(11-16)14-26-9-10-27(15-23(26)28)24(29)22-13-20-12-19(18-5-6-18)7-8-21(20)25-22/h2-4,7-8,11-13,18,25H,5-6,9-10,14-15H2,1H3. The fourth-order valence-corrected chi connectivity index (χ4v) is 4.19. The second-order valence-corrected chi connectivity index (χ2v) is 8.34. The summed E-state index contributed by atoms with van der Waals surface area (Å²) in [6.07, 6.45) is 2.52. The third-order valence-electron chi connectivity index (χ3n) is 5.99. The van der Waals surface area contributed by atoms with Gasteiger partial charge in [-0.25, -0.2) is 0 Å². The number of amides is 2. The molecule has 0 unspecified atom stereocenters. The Morgan fingerprint density at radius 2 is 1.97 bits per heavy atom. The van der Waals surface area contributed by atoms with Gasteiger partial charge in [-0.05, 0) is 55.0 Å². The first-order valence-electron chi connectivity index (χ1n) is 10.3. The van der Waals surface area contributed by atoms with Crippen LogP contribution in [0.5, 0.6) is 0 Å². The maximum atomic E-state index is 13.0. The molecule has 148 valence electrons. The van der Waals surface area contributed by atoms with Crippen molar-refractivity contribution in [2.75, 3.05) is 19.6 Å². The number of hydrogen-bond acceptors (Lipinski definition) is 2. The van der Waals surface area contributed by atoms with Crippen LogP contribution in [0.4, 0.5) is 0 Å². The lowest BCUT2D eigenvalue weighted by molar-refractivity contribution is -0.135. The number of aromatic nitrogens is 1. The number of aryl methyl sites for hydroxylation is 1. The van der Waals surface area contributed by atoms with Crippen molar-refractivity contribution in [2.24, 2.45) is 0 Å². The number of piperazine rings is 1. The zero-order chi connectivity index (χ0) is 20.0. The molecule has 0 radical (unpaired) electrons. The summed E-state index contributed by atoms with van der Waals surface area (Å²) in [5.41, 5.74) is 5.21. The summed E-state index contributed by atoms with van der Waals surface area (Å²) in [4.78, 5) is 32.4. The van der Waals surface area contributed by atoms with Crippen LogP contribution < -0.4 is 0 Å². The molecule has 0 spiro atoms. The van der Waals surface area contributed by atoms with E-state index in [0.29, 0.717) is 31.2 Å². The van der Waals surface area contributed by atoms with Crippen molar-refractivity contribution in [1.82, 2.24) is 14.8 Å². The highest BCUT2D eigenvalue weighted by Crippen LogP contribution is 2.40. The second-order valence-electron chi connectivity index (χ2n) is 8.34. The highest BCUT2D eigenvalue weighted by molar-refractivity contribution is 6.00. The zero-order valence-corrected chi connectivity index (χ0v) is 16.6. The van der Waals surface area contributed by atoms with Crippen LogP contribution in [0.3, 0.4) is 0 Å². The first-order valence-corrected chi connectivity index (χ1v) is 10.3. The average molecular weight is 387 g/mol. The van der Waals surface area contributed by atoms with Gasteiger partial charge in [0, 0.05) is 30.5 Å². The maximum Gasteiger partial charge on any atom is 0.270 e. The third-order valence-corrected chi connectivity index (χ3v) is 5.99. The number of nitrogens with zero attached hydrogens (tertiary/aromatic N) is 2. The van der Waals surface area contributed by atoms with Gasteiger partial charge >= 0.3 is 0 Å². The third kappa shape index (κ3) is 3.65. The van der Waals surface area contributed by atoms with Crippen molar-refractivity contribution in [3.8, 4) is 0 Å². The van der Waals surface area contributed by atoms with Crippen LogP contribution in [0, 0.1) is 6.92 Å². The Hall–Kier alpha value is -3.08. The number of benzene rings is 2. The lowest BCUT2D eigenvalue weighted by Crippen LogP contribution is -2.51.